The number of aromatic nitrogens is 5. The maximum atomic E-state index is 12.8. The summed E-state index contributed by atoms with van der Waals surface area (Å²) in [6.07, 6.45) is 11.3. The summed E-state index contributed by atoms with van der Waals surface area (Å²) in [7, 11) is 0. The first-order valence-corrected chi connectivity index (χ1v) is 15.9. The number of carbonyl (C=O) groups excluding carboxylic acids is 1. The van der Waals surface area contributed by atoms with Crippen LogP contribution in [0.4, 0.5) is 16.1 Å². The van der Waals surface area contributed by atoms with Crippen LogP contribution in [0.3, 0.4) is 0 Å². The van der Waals surface area contributed by atoms with E-state index >= 15 is 0 Å². The van der Waals surface area contributed by atoms with Gasteiger partial charge in [0.05, 0.1) is 5.69 Å². The highest BCUT2D eigenvalue weighted by atomic mass is 32.1. The summed E-state index contributed by atoms with van der Waals surface area (Å²) in [6, 6.07) is 4.14. The molecule has 1 saturated carbocycles. The number of hydrogen-bond acceptors (Lipinski definition) is 11. The topological polar surface area (TPSA) is 125 Å². The van der Waals surface area contributed by atoms with E-state index in [2.05, 4.69) is 52.9 Å². The number of nitrogens with zero attached hydrogens (tertiary/aromatic N) is 7. The van der Waals surface area contributed by atoms with Gasteiger partial charge in [0.1, 0.15) is 5.76 Å². The highest BCUT2D eigenvalue weighted by Gasteiger charge is 2.38. The minimum atomic E-state index is 0.0500. The lowest BCUT2D eigenvalue weighted by molar-refractivity contribution is -0.117. The van der Waals surface area contributed by atoms with Gasteiger partial charge in [0, 0.05) is 50.3 Å². The van der Waals surface area contributed by atoms with Crippen LogP contribution in [-0.2, 0) is 17.8 Å². The SMILES string of the molecule is CCc1onc(C)c1CN1CCC2(CCC(CC(=O)Nc3nnc(N[C@@H]4CCN(c5cccnn5)C4)s3)CC2)CC1. The van der Waals surface area contributed by atoms with Gasteiger partial charge in [-0.2, -0.15) is 5.10 Å². The van der Waals surface area contributed by atoms with Gasteiger partial charge >= 0.3 is 0 Å². The van der Waals surface area contributed by atoms with Gasteiger partial charge in [-0.25, -0.2) is 0 Å². The molecule has 3 aromatic heterocycles. The zero-order valence-electron chi connectivity index (χ0n) is 24.1. The van der Waals surface area contributed by atoms with Crippen molar-refractivity contribution in [2.45, 2.75) is 84.2 Å². The summed E-state index contributed by atoms with van der Waals surface area (Å²) in [5.74, 6) is 2.42. The monoisotopic (exact) mass is 579 g/mol. The van der Waals surface area contributed by atoms with Crippen molar-refractivity contribution in [1.29, 1.82) is 0 Å². The number of aryl methyl sites for hydroxylation is 2. The van der Waals surface area contributed by atoms with Crippen LogP contribution in [0.25, 0.3) is 0 Å². The zero-order valence-corrected chi connectivity index (χ0v) is 25.0. The van der Waals surface area contributed by atoms with Crippen LogP contribution in [0, 0.1) is 18.3 Å². The van der Waals surface area contributed by atoms with Gasteiger partial charge in [0.15, 0.2) is 5.82 Å². The number of likely N-dealkylation sites (tertiary alicyclic amines) is 1. The predicted molar refractivity (Wildman–Crippen MR) is 159 cm³/mol. The molecule has 1 spiro atoms. The summed E-state index contributed by atoms with van der Waals surface area (Å²) in [5.41, 5.74) is 2.76. The molecule has 11 nitrogen and oxygen atoms in total. The van der Waals surface area contributed by atoms with Gasteiger partial charge in [-0.15, -0.1) is 15.3 Å². The van der Waals surface area contributed by atoms with Crippen LogP contribution >= 0.6 is 11.3 Å². The Bertz CT molecular complexity index is 1290. The molecule has 0 unspecified atom stereocenters. The normalized spacial score (nSPS) is 21.4. The lowest BCUT2D eigenvalue weighted by atomic mass is 9.65. The van der Waals surface area contributed by atoms with Crippen molar-refractivity contribution in [2.75, 3.05) is 41.7 Å². The van der Waals surface area contributed by atoms with Gasteiger partial charge in [0.25, 0.3) is 0 Å². The van der Waals surface area contributed by atoms with Gasteiger partial charge < -0.3 is 20.1 Å². The summed E-state index contributed by atoms with van der Waals surface area (Å²) >= 11 is 1.40. The fourth-order valence-corrected chi connectivity index (χ4v) is 7.54. The Morgan fingerprint density at radius 2 is 1.90 bits per heavy atom. The van der Waals surface area contributed by atoms with Crippen molar-refractivity contribution in [2.24, 2.45) is 11.3 Å². The van der Waals surface area contributed by atoms with E-state index in [1.165, 1.54) is 42.6 Å². The zero-order chi connectivity index (χ0) is 28.2. The number of anilines is 3. The van der Waals surface area contributed by atoms with Crippen LogP contribution in [-0.4, -0.2) is 68.6 Å². The predicted octanol–water partition coefficient (Wildman–Crippen LogP) is 4.68. The summed E-state index contributed by atoms with van der Waals surface area (Å²) in [6.45, 7) is 9.14. The average Bonchev–Trinajstić information content (AvgIpc) is 3.73. The molecule has 41 heavy (non-hydrogen) atoms. The molecule has 2 N–H and O–H groups in total. The molecule has 2 aliphatic heterocycles. The first-order chi connectivity index (χ1) is 20.0. The molecule has 2 saturated heterocycles. The molecular formula is C29H41N9O2S. The van der Waals surface area contributed by atoms with Gasteiger partial charge in [-0.3, -0.25) is 9.69 Å². The summed E-state index contributed by atoms with van der Waals surface area (Å²) in [5, 5.41) is 28.6. The lowest BCUT2D eigenvalue weighted by Crippen LogP contribution is -2.42. The number of hydrogen-bond donors (Lipinski definition) is 2. The Kier molecular flexibility index (Phi) is 8.47. The quantitative estimate of drug-likeness (QED) is 0.369. The largest absolute Gasteiger partial charge is 0.361 e. The van der Waals surface area contributed by atoms with E-state index in [0.717, 1.165) is 80.8 Å². The second-order valence-corrected chi connectivity index (χ2v) is 13.0. The Labute approximate surface area is 245 Å². The highest BCUT2D eigenvalue weighted by Crippen LogP contribution is 2.47. The molecule has 12 heteroatoms. The maximum Gasteiger partial charge on any atom is 0.226 e. The van der Waals surface area contributed by atoms with Crippen molar-refractivity contribution < 1.29 is 9.32 Å². The molecular weight excluding hydrogens is 538 g/mol. The number of nitrogens with one attached hydrogen (secondary N) is 2. The van der Waals surface area contributed by atoms with Crippen molar-refractivity contribution in [1.82, 2.24) is 30.5 Å². The second kappa shape index (κ2) is 12.4. The second-order valence-electron chi connectivity index (χ2n) is 12.1. The Balaban J connectivity index is 0.912. The number of rotatable bonds is 9. The van der Waals surface area contributed by atoms with Crippen molar-refractivity contribution >= 4 is 33.3 Å². The molecule has 3 fully saturated rings. The Morgan fingerprint density at radius 1 is 1.10 bits per heavy atom. The van der Waals surface area contributed by atoms with Crippen molar-refractivity contribution in [3.05, 3.63) is 35.3 Å². The first-order valence-electron chi connectivity index (χ1n) is 15.1. The standard InChI is InChI=1S/C29H41N9O2S/c1-3-24-23(20(2)36-40-24)19-37-15-11-29(12-16-37)9-6-21(7-10-29)17-26(39)32-28-35-34-27(41-28)31-22-8-14-38(18-22)25-5-4-13-30-33-25/h4-5,13,21-22H,3,6-12,14-19H2,1-2H3,(H,31,34)(H,32,35,39)/t22-/m1/s1. The van der Waals surface area contributed by atoms with Gasteiger partial charge in [0.2, 0.25) is 16.2 Å². The van der Waals surface area contributed by atoms with Crippen LogP contribution < -0.4 is 15.5 Å². The van der Waals surface area contributed by atoms with Gasteiger partial charge in [-0.05, 0) is 88.4 Å². The van der Waals surface area contributed by atoms with Crippen molar-refractivity contribution in [3.8, 4) is 0 Å². The summed E-state index contributed by atoms with van der Waals surface area (Å²) < 4.78 is 5.50. The molecule has 0 bridgehead atoms. The number of piperidine rings is 1. The fraction of sp³-hybridized carbons (Fsp3) is 0.655. The third-order valence-corrected chi connectivity index (χ3v) is 10.2. The van der Waals surface area contributed by atoms with E-state index in [-0.39, 0.29) is 11.9 Å². The molecule has 0 aromatic carbocycles. The van der Waals surface area contributed by atoms with Gasteiger partial charge in [-0.1, -0.05) is 23.4 Å². The van der Waals surface area contributed by atoms with Crippen LogP contribution in [0.5, 0.6) is 0 Å². The van der Waals surface area contributed by atoms with E-state index in [4.69, 9.17) is 4.52 Å². The lowest BCUT2D eigenvalue weighted by Gasteiger charge is -2.46. The third kappa shape index (κ3) is 6.69. The van der Waals surface area contributed by atoms with E-state index in [1.54, 1.807) is 6.20 Å². The highest BCUT2D eigenvalue weighted by molar-refractivity contribution is 7.19. The van der Waals surface area contributed by atoms with Crippen molar-refractivity contribution in [3.63, 3.8) is 0 Å². The molecule has 3 aromatic rings. The molecule has 220 valence electrons. The molecule has 6 rings (SSSR count). The molecule has 1 aliphatic carbocycles. The number of carbonyl (C=O) groups is 1. The molecule has 5 heterocycles. The maximum absolute atomic E-state index is 12.8. The van der Waals surface area contributed by atoms with E-state index in [1.807, 2.05) is 19.1 Å². The van der Waals surface area contributed by atoms with E-state index in [0.29, 0.717) is 22.9 Å². The van der Waals surface area contributed by atoms with E-state index < -0.39 is 0 Å². The van der Waals surface area contributed by atoms with Crippen LogP contribution in [0.1, 0.15) is 75.3 Å². The molecule has 1 amide bonds. The Morgan fingerprint density at radius 3 is 2.66 bits per heavy atom. The summed E-state index contributed by atoms with van der Waals surface area (Å²) in [4.78, 5) is 17.6. The fourth-order valence-electron chi connectivity index (χ4n) is 6.81. The minimum absolute atomic E-state index is 0.0500. The smallest absolute Gasteiger partial charge is 0.226 e. The third-order valence-electron chi connectivity index (χ3n) is 9.39. The van der Waals surface area contributed by atoms with Crippen LogP contribution in [0.2, 0.25) is 0 Å². The van der Waals surface area contributed by atoms with Crippen LogP contribution in [0.15, 0.2) is 22.9 Å². The molecule has 3 aliphatic rings. The van der Waals surface area contributed by atoms with E-state index in [9.17, 15) is 4.79 Å². The number of amides is 1. The average molecular weight is 580 g/mol. The molecule has 1 atom stereocenters. The minimum Gasteiger partial charge on any atom is -0.361 e. The first kappa shape index (κ1) is 28.0. The Hall–Kier alpha value is -3.12. The molecule has 0 radical (unpaired) electrons.